The number of Topliss-reactive ketones (excluding diaryl/α,β-unsaturated/α-hetero) is 1. The minimum Gasteiger partial charge on any atom is -0.298 e. The van der Waals surface area contributed by atoms with Crippen LogP contribution >= 0.6 is 11.8 Å². The van der Waals surface area contributed by atoms with Gasteiger partial charge in [-0.1, -0.05) is 18.2 Å². The van der Waals surface area contributed by atoms with E-state index in [1.54, 1.807) is 0 Å². The fraction of sp³-hybridized carbons (Fsp3) is 0.417. The number of ketones is 1. The number of benzene rings is 1. The molecule has 0 saturated heterocycles. The Morgan fingerprint density at radius 2 is 1.86 bits per heavy atom. The molecule has 2 unspecified atom stereocenters. The quantitative estimate of drug-likeness (QED) is 0.733. The number of hydrogen-bond acceptors (Lipinski definition) is 2. The maximum Gasteiger partial charge on any atom is 0.150 e. The van der Waals surface area contributed by atoms with Crippen LogP contribution in [0.25, 0.3) is 0 Å². The summed E-state index contributed by atoms with van der Waals surface area (Å²) in [5.74, 6) is 2.05. The molecule has 0 N–H and O–H groups in total. The molecule has 70 valence electrons. The lowest BCUT2D eigenvalue weighted by molar-refractivity contribution is -0.118. The molecule has 0 spiro atoms. The van der Waals surface area contributed by atoms with Crippen molar-refractivity contribution >= 4 is 17.5 Å². The van der Waals surface area contributed by atoms with Gasteiger partial charge in [0.25, 0.3) is 0 Å². The van der Waals surface area contributed by atoms with Gasteiger partial charge in [0.1, 0.15) is 5.78 Å². The van der Waals surface area contributed by atoms with E-state index in [1.165, 1.54) is 11.8 Å². The zero-order valence-electron chi connectivity index (χ0n) is 8.51. The standard InChI is InChI=1S/C12H10OS/c13-11-9-7-8(9)10(7)12(11)14-6-4-2-1-3-5-6/h1-5,7-10,12H/t7-,8+,9?,10?,12-/m0/s1/i12D. The van der Waals surface area contributed by atoms with Crippen molar-refractivity contribution in [3.8, 4) is 0 Å². The summed E-state index contributed by atoms with van der Waals surface area (Å²) in [5.41, 5.74) is 0. The number of carbonyl (C=O) groups excluding carboxylic acids is 1. The first-order chi connectivity index (χ1) is 7.23. The number of carbonyl (C=O) groups is 1. The van der Waals surface area contributed by atoms with Crippen LogP contribution in [0.4, 0.5) is 0 Å². The Morgan fingerprint density at radius 3 is 2.43 bits per heavy atom. The number of thioether (sulfide) groups is 1. The zero-order chi connectivity index (χ0) is 10.2. The Balaban J connectivity index is 1.66. The first-order valence-electron chi connectivity index (χ1n) is 5.52. The number of rotatable bonds is 2. The third-order valence-corrected chi connectivity index (χ3v) is 4.84. The summed E-state index contributed by atoms with van der Waals surface area (Å²) < 4.78 is 8.31. The second kappa shape index (κ2) is 2.25. The molecule has 2 heteroatoms. The second-order valence-corrected chi connectivity index (χ2v) is 5.47. The molecule has 4 fully saturated rings. The smallest absolute Gasteiger partial charge is 0.150 e. The maximum absolute atomic E-state index is 11.9. The van der Waals surface area contributed by atoms with Crippen molar-refractivity contribution in [1.29, 1.82) is 0 Å². The monoisotopic (exact) mass is 203 g/mol. The molecule has 4 aliphatic rings. The highest BCUT2D eigenvalue weighted by molar-refractivity contribution is 8.00. The van der Waals surface area contributed by atoms with Crippen LogP contribution in [-0.2, 0) is 4.79 Å². The Labute approximate surface area is 88.3 Å². The molecule has 5 rings (SSSR count). The van der Waals surface area contributed by atoms with Crippen LogP contribution in [0, 0.1) is 23.7 Å². The average molecular weight is 203 g/mol. The van der Waals surface area contributed by atoms with E-state index >= 15 is 0 Å². The van der Waals surface area contributed by atoms with Crippen molar-refractivity contribution in [1.82, 2.24) is 0 Å². The predicted molar refractivity (Wildman–Crippen MR) is 55.1 cm³/mol. The van der Waals surface area contributed by atoms with Gasteiger partial charge in [-0.05, 0) is 29.9 Å². The third-order valence-electron chi connectivity index (χ3n) is 3.64. The summed E-state index contributed by atoms with van der Waals surface area (Å²) in [6, 6.07) is 9.85. The molecule has 0 aromatic heterocycles. The Morgan fingerprint density at radius 1 is 1.14 bits per heavy atom. The van der Waals surface area contributed by atoms with Crippen LogP contribution < -0.4 is 0 Å². The van der Waals surface area contributed by atoms with Crippen molar-refractivity contribution < 1.29 is 6.17 Å². The molecular weight excluding hydrogens is 192 g/mol. The Hall–Kier alpha value is -0.760. The lowest BCUT2D eigenvalue weighted by atomic mass is 10.2. The van der Waals surface area contributed by atoms with E-state index in [9.17, 15) is 4.79 Å². The van der Waals surface area contributed by atoms with Gasteiger partial charge in [-0.25, -0.2) is 0 Å². The van der Waals surface area contributed by atoms with Gasteiger partial charge in [0.15, 0.2) is 0 Å². The highest BCUT2D eigenvalue weighted by Gasteiger charge is 2.84. The first-order valence-corrected chi connectivity index (χ1v) is 5.83. The predicted octanol–water partition coefficient (Wildman–Crippen LogP) is 2.22. The Kier molecular flexibility index (Phi) is 1.07. The molecule has 4 aliphatic carbocycles. The van der Waals surface area contributed by atoms with Gasteiger partial charge in [0.05, 0.1) is 6.60 Å². The van der Waals surface area contributed by atoms with E-state index in [2.05, 4.69) is 0 Å². The number of hydrogen-bond donors (Lipinski definition) is 0. The van der Waals surface area contributed by atoms with Gasteiger partial charge in [-0.15, -0.1) is 11.8 Å². The summed E-state index contributed by atoms with van der Waals surface area (Å²) in [6.07, 6.45) is 0. The number of fused-ring (bicyclic) bond motifs is 1. The lowest BCUT2D eigenvalue weighted by Gasteiger charge is -2.06. The largest absolute Gasteiger partial charge is 0.298 e. The highest BCUT2D eigenvalue weighted by Crippen LogP contribution is 2.82. The second-order valence-electron chi connectivity index (χ2n) is 4.35. The summed E-state index contributed by atoms with van der Waals surface area (Å²) in [6.45, 7) is 0. The van der Waals surface area contributed by atoms with E-state index in [4.69, 9.17) is 1.37 Å². The maximum atomic E-state index is 11.9. The molecule has 0 amide bonds. The molecule has 0 heterocycles. The molecule has 14 heavy (non-hydrogen) atoms. The fourth-order valence-corrected chi connectivity index (χ4v) is 4.02. The van der Waals surface area contributed by atoms with E-state index in [0.717, 1.165) is 4.90 Å². The first kappa shape index (κ1) is 6.67. The highest BCUT2D eigenvalue weighted by atomic mass is 32.2. The van der Waals surface area contributed by atoms with E-state index in [0.29, 0.717) is 17.8 Å². The van der Waals surface area contributed by atoms with Gasteiger partial charge >= 0.3 is 0 Å². The van der Waals surface area contributed by atoms with Crippen molar-refractivity contribution in [2.75, 3.05) is 0 Å². The molecular formula is C12H10OS. The SMILES string of the molecule is [2H][C@@]1(Sc2ccccc2)C(=O)C2[C@@H]3C1[C@H]23. The molecule has 1 aromatic carbocycles. The van der Waals surface area contributed by atoms with Gasteiger partial charge in [-0.3, -0.25) is 4.79 Å². The molecule has 2 bridgehead atoms. The van der Waals surface area contributed by atoms with Crippen LogP contribution in [0.1, 0.15) is 1.37 Å². The minimum absolute atomic E-state index is 0.191. The average Bonchev–Trinajstić information content (AvgIpc) is 3.04. The minimum atomic E-state index is -0.846. The normalized spacial score (nSPS) is 52.6. The zero-order valence-corrected chi connectivity index (χ0v) is 8.33. The molecule has 0 aliphatic heterocycles. The topological polar surface area (TPSA) is 17.1 Å². The van der Waals surface area contributed by atoms with Crippen LogP contribution in [0.15, 0.2) is 35.2 Å². The van der Waals surface area contributed by atoms with Crippen LogP contribution in [0.2, 0.25) is 0 Å². The fourth-order valence-electron chi connectivity index (χ4n) is 2.78. The van der Waals surface area contributed by atoms with Crippen LogP contribution in [0.5, 0.6) is 0 Å². The molecule has 4 saturated carbocycles. The van der Waals surface area contributed by atoms with Crippen molar-refractivity contribution in [2.24, 2.45) is 23.7 Å². The van der Waals surface area contributed by atoms with E-state index in [1.807, 2.05) is 30.3 Å². The summed E-state index contributed by atoms with van der Waals surface area (Å²) in [7, 11) is 0. The van der Waals surface area contributed by atoms with Crippen LogP contribution in [-0.4, -0.2) is 11.0 Å². The van der Waals surface area contributed by atoms with Gasteiger partial charge in [0.2, 0.25) is 0 Å². The summed E-state index contributed by atoms with van der Waals surface area (Å²) >= 11 is 1.45. The molecule has 5 atom stereocenters. The van der Waals surface area contributed by atoms with Gasteiger partial charge in [-0.2, -0.15) is 0 Å². The Bertz CT molecular complexity index is 450. The van der Waals surface area contributed by atoms with Crippen molar-refractivity contribution in [3.63, 3.8) is 0 Å². The molecule has 1 aromatic rings. The van der Waals surface area contributed by atoms with Crippen molar-refractivity contribution in [2.45, 2.75) is 10.1 Å². The van der Waals surface area contributed by atoms with Crippen molar-refractivity contribution in [3.05, 3.63) is 30.3 Å². The lowest BCUT2D eigenvalue weighted by Crippen LogP contribution is -2.09. The van der Waals surface area contributed by atoms with E-state index < -0.39 is 5.23 Å². The summed E-state index contributed by atoms with van der Waals surface area (Å²) in [5, 5.41) is -0.846. The van der Waals surface area contributed by atoms with Gasteiger partial charge in [0, 0.05) is 10.8 Å². The summed E-state index contributed by atoms with van der Waals surface area (Å²) in [4.78, 5) is 12.9. The van der Waals surface area contributed by atoms with Crippen LogP contribution in [0.3, 0.4) is 0 Å². The molecule has 0 radical (unpaired) electrons. The van der Waals surface area contributed by atoms with E-state index in [-0.39, 0.29) is 11.7 Å². The van der Waals surface area contributed by atoms with Gasteiger partial charge < -0.3 is 0 Å². The molecule has 1 nitrogen and oxygen atoms in total. The third kappa shape index (κ3) is 0.765.